The highest BCUT2D eigenvalue weighted by Gasteiger charge is 2.10. The first kappa shape index (κ1) is 15.3. The van der Waals surface area contributed by atoms with Crippen molar-refractivity contribution in [3.8, 4) is 11.5 Å². The first-order chi connectivity index (χ1) is 11.2. The van der Waals surface area contributed by atoms with Gasteiger partial charge in [-0.25, -0.2) is 0 Å². The molecule has 0 fully saturated rings. The molecule has 116 valence electrons. The van der Waals surface area contributed by atoms with E-state index < -0.39 is 11.3 Å². The first-order valence-corrected chi connectivity index (χ1v) is 8.05. The summed E-state index contributed by atoms with van der Waals surface area (Å²) in [5, 5.41) is 0. The Kier molecular flexibility index (Phi) is 4.71. The Balaban J connectivity index is 1.84. The molecule has 5 heteroatoms. The molecule has 0 aliphatic carbocycles. The van der Waals surface area contributed by atoms with Gasteiger partial charge < -0.3 is 9.29 Å². The fraction of sp³-hybridized carbons (Fsp3) is 0. The summed E-state index contributed by atoms with van der Waals surface area (Å²) in [5.41, 5.74) is 1.13. The zero-order chi connectivity index (χ0) is 16.1. The topological polar surface area (TPSA) is 52.6 Å². The molecule has 0 aliphatic heterocycles. The molecule has 1 unspecified atom stereocenters. The number of nitrogens with zero attached hydrogens (tertiary/aromatic N) is 1. The van der Waals surface area contributed by atoms with E-state index in [1.807, 2.05) is 36.4 Å². The van der Waals surface area contributed by atoms with Crippen LogP contribution in [-0.4, -0.2) is 8.76 Å². The van der Waals surface area contributed by atoms with Crippen LogP contribution in [0.1, 0.15) is 0 Å². The third-order valence-corrected chi connectivity index (χ3v) is 3.91. The smallest absolute Gasteiger partial charge is 0.127 e. The maximum Gasteiger partial charge on any atom is 0.127 e. The van der Waals surface area contributed by atoms with Gasteiger partial charge in [-0.2, -0.15) is 0 Å². The molecule has 1 atom stereocenters. The Morgan fingerprint density at radius 2 is 1.17 bits per heavy atom. The van der Waals surface area contributed by atoms with E-state index in [0.717, 1.165) is 5.75 Å². The van der Waals surface area contributed by atoms with Crippen molar-refractivity contribution in [2.45, 2.75) is 0 Å². The largest absolute Gasteiger partial charge is 0.755 e. The van der Waals surface area contributed by atoms with Crippen molar-refractivity contribution >= 4 is 22.6 Å². The molecule has 4 nitrogen and oxygen atoms in total. The molecule has 0 spiro atoms. The van der Waals surface area contributed by atoms with Gasteiger partial charge in [-0.15, -0.1) is 0 Å². The van der Waals surface area contributed by atoms with Crippen LogP contribution in [0, 0.1) is 0 Å². The molecular weight excluding hydrogens is 310 g/mol. The van der Waals surface area contributed by atoms with Crippen molar-refractivity contribution in [1.82, 2.24) is 0 Å². The van der Waals surface area contributed by atoms with E-state index in [-0.39, 0.29) is 0 Å². The normalized spacial score (nSPS) is 11.7. The lowest BCUT2D eigenvalue weighted by atomic mass is 10.2. The SMILES string of the molecule is O=S([O-])N(c1ccccc1)c1ccc(Oc2ccccc2)cc1. The summed E-state index contributed by atoms with van der Waals surface area (Å²) < 4.78 is 30.1. The summed E-state index contributed by atoms with van der Waals surface area (Å²) >= 11 is -2.41. The van der Waals surface area contributed by atoms with Gasteiger partial charge in [0, 0.05) is 0 Å². The number of hydrogen-bond donors (Lipinski definition) is 0. The minimum absolute atomic E-state index is 0.546. The zero-order valence-electron chi connectivity index (χ0n) is 12.2. The second-order valence-corrected chi connectivity index (χ2v) is 5.56. The third kappa shape index (κ3) is 3.77. The summed E-state index contributed by atoms with van der Waals surface area (Å²) in [6.07, 6.45) is 0. The minimum Gasteiger partial charge on any atom is -0.755 e. The molecule has 0 radical (unpaired) electrons. The summed E-state index contributed by atoms with van der Waals surface area (Å²) in [6, 6.07) is 25.2. The molecular formula is C18H14NO3S-. The van der Waals surface area contributed by atoms with E-state index in [1.165, 1.54) is 4.31 Å². The van der Waals surface area contributed by atoms with Gasteiger partial charge >= 0.3 is 0 Å². The van der Waals surface area contributed by atoms with Crippen LogP contribution in [0.4, 0.5) is 11.4 Å². The van der Waals surface area contributed by atoms with Crippen molar-refractivity contribution in [3.05, 3.63) is 84.9 Å². The number of ether oxygens (including phenoxy) is 1. The maximum absolute atomic E-state index is 11.6. The van der Waals surface area contributed by atoms with Gasteiger partial charge in [-0.1, -0.05) is 36.4 Å². The average molecular weight is 324 g/mol. The van der Waals surface area contributed by atoms with Crippen LogP contribution in [-0.2, 0) is 11.3 Å². The van der Waals surface area contributed by atoms with Gasteiger partial charge in [-0.05, 0) is 48.5 Å². The van der Waals surface area contributed by atoms with Crippen molar-refractivity contribution in [2.75, 3.05) is 4.31 Å². The number of hydrogen-bond acceptors (Lipinski definition) is 3. The standard InChI is InChI=1S/C18H15NO3S/c20-23(21)19(15-7-3-1-4-8-15)16-11-13-18(14-12-16)22-17-9-5-2-6-10-17/h1-14H,(H,20,21)/p-1. The zero-order valence-corrected chi connectivity index (χ0v) is 13.0. The molecule has 0 amide bonds. The molecule has 23 heavy (non-hydrogen) atoms. The van der Waals surface area contributed by atoms with E-state index in [4.69, 9.17) is 4.74 Å². The molecule has 0 N–H and O–H groups in total. The van der Waals surface area contributed by atoms with Gasteiger partial charge in [0.15, 0.2) is 0 Å². The quantitative estimate of drug-likeness (QED) is 0.653. The maximum atomic E-state index is 11.6. The molecule has 0 aliphatic rings. The van der Waals surface area contributed by atoms with E-state index >= 15 is 0 Å². The predicted octanol–water partition coefficient (Wildman–Crippen LogP) is 4.41. The van der Waals surface area contributed by atoms with E-state index in [2.05, 4.69) is 0 Å². The highest BCUT2D eigenvalue weighted by atomic mass is 32.2. The third-order valence-electron chi connectivity index (χ3n) is 3.19. The predicted molar refractivity (Wildman–Crippen MR) is 90.5 cm³/mol. The van der Waals surface area contributed by atoms with Crippen LogP contribution in [0.15, 0.2) is 84.9 Å². The Bertz CT molecular complexity index is 776. The van der Waals surface area contributed by atoms with E-state index in [1.54, 1.807) is 48.5 Å². The molecule has 0 saturated heterocycles. The number of anilines is 2. The number of para-hydroxylation sites is 2. The molecule has 0 heterocycles. The highest BCUT2D eigenvalue weighted by molar-refractivity contribution is 7.81. The first-order valence-electron chi connectivity index (χ1n) is 7.01. The fourth-order valence-corrected chi connectivity index (χ4v) is 2.75. The van der Waals surface area contributed by atoms with Gasteiger partial charge in [-0.3, -0.25) is 8.51 Å². The van der Waals surface area contributed by atoms with Crippen molar-refractivity contribution in [3.63, 3.8) is 0 Å². The Labute approximate surface area is 137 Å². The van der Waals surface area contributed by atoms with E-state index in [0.29, 0.717) is 17.1 Å². The van der Waals surface area contributed by atoms with Crippen LogP contribution in [0.25, 0.3) is 0 Å². The Hall–Kier alpha value is -2.63. The Morgan fingerprint density at radius 1 is 0.696 bits per heavy atom. The molecule has 0 aromatic heterocycles. The summed E-state index contributed by atoms with van der Waals surface area (Å²) in [7, 11) is 0. The van der Waals surface area contributed by atoms with Crippen LogP contribution in [0.2, 0.25) is 0 Å². The lowest BCUT2D eigenvalue weighted by Crippen LogP contribution is -2.19. The summed E-state index contributed by atoms with van der Waals surface area (Å²) in [6.45, 7) is 0. The van der Waals surface area contributed by atoms with Crippen LogP contribution in [0.3, 0.4) is 0 Å². The Morgan fingerprint density at radius 3 is 1.74 bits per heavy atom. The highest BCUT2D eigenvalue weighted by Crippen LogP contribution is 2.29. The second-order valence-electron chi connectivity index (χ2n) is 4.76. The lowest BCUT2D eigenvalue weighted by molar-refractivity contribution is 0.482. The summed E-state index contributed by atoms with van der Waals surface area (Å²) in [5.74, 6) is 1.37. The molecule has 3 rings (SSSR count). The van der Waals surface area contributed by atoms with Crippen molar-refractivity contribution in [2.24, 2.45) is 0 Å². The van der Waals surface area contributed by atoms with Crippen LogP contribution >= 0.6 is 0 Å². The molecule has 3 aromatic rings. The van der Waals surface area contributed by atoms with Crippen LogP contribution in [0.5, 0.6) is 11.5 Å². The average Bonchev–Trinajstić information content (AvgIpc) is 2.58. The molecule has 0 saturated carbocycles. The number of benzene rings is 3. The van der Waals surface area contributed by atoms with Gasteiger partial charge in [0.1, 0.15) is 11.5 Å². The fourth-order valence-electron chi connectivity index (χ4n) is 2.16. The van der Waals surface area contributed by atoms with Crippen LogP contribution < -0.4 is 9.04 Å². The lowest BCUT2D eigenvalue weighted by Gasteiger charge is -2.26. The van der Waals surface area contributed by atoms with Gasteiger partial charge in [0.25, 0.3) is 0 Å². The minimum atomic E-state index is -2.41. The van der Waals surface area contributed by atoms with Gasteiger partial charge in [0.2, 0.25) is 0 Å². The van der Waals surface area contributed by atoms with Crippen molar-refractivity contribution < 1.29 is 13.5 Å². The summed E-state index contributed by atoms with van der Waals surface area (Å²) in [4.78, 5) is 0. The van der Waals surface area contributed by atoms with E-state index in [9.17, 15) is 8.76 Å². The van der Waals surface area contributed by atoms with Gasteiger partial charge in [0.05, 0.1) is 22.6 Å². The van der Waals surface area contributed by atoms with Crippen molar-refractivity contribution in [1.29, 1.82) is 0 Å². The number of rotatable bonds is 5. The molecule has 3 aromatic carbocycles. The molecule has 0 bridgehead atoms. The monoisotopic (exact) mass is 324 g/mol. The second kappa shape index (κ2) is 7.09.